The summed E-state index contributed by atoms with van der Waals surface area (Å²) in [5, 5.41) is 3.13. The van der Waals surface area contributed by atoms with E-state index in [9.17, 15) is 13.2 Å². The molecule has 6 heteroatoms. The standard InChI is InChI=1S/C13H10ClF3N2/c1-8-2-3-9(6-11(8)13(15,16)17)19-10-4-5-18-12(14)7-10/h2-7H,1H3,(H,18,19). The topological polar surface area (TPSA) is 24.9 Å². The van der Waals surface area contributed by atoms with Gasteiger partial charge in [-0.2, -0.15) is 13.2 Å². The van der Waals surface area contributed by atoms with Gasteiger partial charge in [0, 0.05) is 17.6 Å². The Morgan fingerprint density at radius 1 is 1.11 bits per heavy atom. The molecule has 0 atom stereocenters. The van der Waals surface area contributed by atoms with Crippen LogP contribution in [-0.4, -0.2) is 4.98 Å². The van der Waals surface area contributed by atoms with E-state index in [0.717, 1.165) is 6.07 Å². The lowest BCUT2D eigenvalue weighted by Crippen LogP contribution is -2.08. The Morgan fingerprint density at radius 2 is 1.79 bits per heavy atom. The van der Waals surface area contributed by atoms with Crippen molar-refractivity contribution in [1.82, 2.24) is 4.98 Å². The molecule has 100 valence electrons. The van der Waals surface area contributed by atoms with E-state index in [-0.39, 0.29) is 10.7 Å². The number of hydrogen-bond donors (Lipinski definition) is 1. The molecule has 0 aliphatic carbocycles. The van der Waals surface area contributed by atoms with Crippen molar-refractivity contribution in [3.05, 3.63) is 52.8 Å². The fraction of sp³-hybridized carbons (Fsp3) is 0.154. The quantitative estimate of drug-likeness (QED) is 0.802. The van der Waals surface area contributed by atoms with Gasteiger partial charge in [0.1, 0.15) is 5.15 Å². The minimum absolute atomic E-state index is 0.186. The summed E-state index contributed by atoms with van der Waals surface area (Å²) in [6.45, 7) is 1.43. The number of aryl methyl sites for hydroxylation is 1. The predicted octanol–water partition coefficient (Wildman–Crippen LogP) is 4.81. The zero-order valence-electron chi connectivity index (χ0n) is 9.92. The van der Waals surface area contributed by atoms with Crippen LogP contribution in [0.4, 0.5) is 24.5 Å². The molecular weight excluding hydrogens is 277 g/mol. The van der Waals surface area contributed by atoms with Crippen molar-refractivity contribution in [2.24, 2.45) is 0 Å². The van der Waals surface area contributed by atoms with Crippen LogP contribution in [0.5, 0.6) is 0 Å². The number of benzene rings is 1. The third-order valence-electron chi connectivity index (χ3n) is 2.56. The van der Waals surface area contributed by atoms with Crippen molar-refractivity contribution in [3.63, 3.8) is 0 Å². The molecule has 0 saturated heterocycles. The van der Waals surface area contributed by atoms with E-state index in [4.69, 9.17) is 11.6 Å². The summed E-state index contributed by atoms with van der Waals surface area (Å²) in [6, 6.07) is 7.24. The summed E-state index contributed by atoms with van der Waals surface area (Å²) < 4.78 is 38.3. The first-order valence-electron chi connectivity index (χ1n) is 5.43. The second kappa shape index (κ2) is 5.09. The number of nitrogens with one attached hydrogen (secondary N) is 1. The summed E-state index contributed by atoms with van der Waals surface area (Å²) in [4.78, 5) is 3.80. The lowest BCUT2D eigenvalue weighted by atomic mass is 10.1. The largest absolute Gasteiger partial charge is 0.416 e. The van der Waals surface area contributed by atoms with Gasteiger partial charge in [-0.15, -0.1) is 0 Å². The summed E-state index contributed by atoms with van der Waals surface area (Å²) in [7, 11) is 0. The van der Waals surface area contributed by atoms with E-state index in [1.54, 1.807) is 12.1 Å². The van der Waals surface area contributed by atoms with E-state index >= 15 is 0 Å². The predicted molar refractivity (Wildman–Crippen MR) is 68.7 cm³/mol. The van der Waals surface area contributed by atoms with Crippen LogP contribution in [0.3, 0.4) is 0 Å². The van der Waals surface area contributed by atoms with Crippen LogP contribution in [-0.2, 0) is 6.18 Å². The van der Waals surface area contributed by atoms with Gasteiger partial charge < -0.3 is 5.32 Å². The fourth-order valence-electron chi connectivity index (χ4n) is 1.65. The minimum Gasteiger partial charge on any atom is -0.355 e. The molecule has 1 aromatic carbocycles. The second-order valence-electron chi connectivity index (χ2n) is 4.02. The number of alkyl halides is 3. The Labute approximate surface area is 113 Å². The first-order valence-corrected chi connectivity index (χ1v) is 5.80. The van der Waals surface area contributed by atoms with Gasteiger partial charge in [0.25, 0.3) is 0 Å². The van der Waals surface area contributed by atoms with E-state index < -0.39 is 11.7 Å². The van der Waals surface area contributed by atoms with Crippen molar-refractivity contribution in [2.45, 2.75) is 13.1 Å². The smallest absolute Gasteiger partial charge is 0.355 e. The Hall–Kier alpha value is -1.75. The van der Waals surface area contributed by atoms with Gasteiger partial charge in [-0.3, -0.25) is 0 Å². The third-order valence-corrected chi connectivity index (χ3v) is 2.76. The zero-order valence-corrected chi connectivity index (χ0v) is 10.7. The van der Waals surface area contributed by atoms with Gasteiger partial charge >= 0.3 is 6.18 Å². The van der Waals surface area contributed by atoms with Crippen molar-refractivity contribution >= 4 is 23.0 Å². The molecule has 0 aliphatic heterocycles. The van der Waals surface area contributed by atoms with E-state index in [1.807, 2.05) is 0 Å². The molecule has 2 aromatic rings. The highest BCUT2D eigenvalue weighted by molar-refractivity contribution is 6.29. The van der Waals surface area contributed by atoms with Crippen LogP contribution in [0.1, 0.15) is 11.1 Å². The SMILES string of the molecule is Cc1ccc(Nc2ccnc(Cl)c2)cc1C(F)(F)F. The number of aromatic nitrogens is 1. The molecule has 0 bridgehead atoms. The number of nitrogens with zero attached hydrogens (tertiary/aromatic N) is 1. The summed E-state index contributed by atoms with van der Waals surface area (Å²) >= 11 is 5.71. The number of pyridine rings is 1. The summed E-state index contributed by atoms with van der Waals surface area (Å²) in [6.07, 6.45) is -2.89. The Bertz CT molecular complexity index is 597. The van der Waals surface area contributed by atoms with Crippen LogP contribution in [0, 0.1) is 6.92 Å². The fourth-order valence-corrected chi connectivity index (χ4v) is 1.83. The van der Waals surface area contributed by atoms with E-state index in [1.165, 1.54) is 25.3 Å². The first-order chi connectivity index (χ1) is 8.86. The van der Waals surface area contributed by atoms with Gasteiger partial charge in [-0.05, 0) is 36.8 Å². The molecule has 1 N–H and O–H groups in total. The van der Waals surface area contributed by atoms with E-state index in [2.05, 4.69) is 10.3 Å². The molecule has 2 nitrogen and oxygen atoms in total. The minimum atomic E-state index is -4.36. The molecule has 0 aliphatic rings. The molecule has 0 radical (unpaired) electrons. The average molecular weight is 287 g/mol. The van der Waals surface area contributed by atoms with Gasteiger partial charge in [0.15, 0.2) is 0 Å². The monoisotopic (exact) mass is 286 g/mol. The van der Waals surface area contributed by atoms with Crippen molar-refractivity contribution in [2.75, 3.05) is 5.32 Å². The normalized spacial score (nSPS) is 11.4. The number of halogens is 4. The van der Waals surface area contributed by atoms with Crippen molar-refractivity contribution in [3.8, 4) is 0 Å². The first kappa shape index (κ1) is 13.7. The Morgan fingerprint density at radius 3 is 2.42 bits per heavy atom. The summed E-state index contributed by atoms with van der Waals surface area (Å²) in [5.74, 6) is 0. The van der Waals surface area contributed by atoms with Crippen LogP contribution in [0.2, 0.25) is 5.15 Å². The molecule has 19 heavy (non-hydrogen) atoms. The molecular formula is C13H10ClF3N2. The maximum atomic E-state index is 12.8. The molecule has 0 amide bonds. The van der Waals surface area contributed by atoms with Gasteiger partial charge in [-0.1, -0.05) is 17.7 Å². The third kappa shape index (κ3) is 3.38. The molecule has 0 spiro atoms. The van der Waals surface area contributed by atoms with E-state index in [0.29, 0.717) is 11.4 Å². The maximum Gasteiger partial charge on any atom is 0.416 e. The highest BCUT2D eigenvalue weighted by Gasteiger charge is 2.32. The highest BCUT2D eigenvalue weighted by atomic mass is 35.5. The van der Waals surface area contributed by atoms with Crippen molar-refractivity contribution < 1.29 is 13.2 Å². The molecule has 1 heterocycles. The summed E-state index contributed by atoms with van der Waals surface area (Å²) in [5.41, 5.74) is 0.459. The number of hydrogen-bond acceptors (Lipinski definition) is 2. The highest BCUT2D eigenvalue weighted by Crippen LogP contribution is 2.34. The molecule has 2 rings (SSSR count). The Balaban J connectivity index is 2.32. The van der Waals surface area contributed by atoms with Crippen LogP contribution in [0.15, 0.2) is 36.5 Å². The lowest BCUT2D eigenvalue weighted by Gasteiger charge is -2.13. The maximum absolute atomic E-state index is 12.8. The molecule has 0 saturated carbocycles. The number of rotatable bonds is 2. The van der Waals surface area contributed by atoms with Crippen LogP contribution < -0.4 is 5.32 Å². The van der Waals surface area contributed by atoms with Gasteiger partial charge in [0.05, 0.1) is 5.56 Å². The number of anilines is 2. The average Bonchev–Trinajstić information content (AvgIpc) is 2.30. The van der Waals surface area contributed by atoms with Gasteiger partial charge in [-0.25, -0.2) is 4.98 Å². The molecule has 0 fully saturated rings. The molecule has 1 aromatic heterocycles. The molecule has 0 unspecified atom stereocenters. The lowest BCUT2D eigenvalue weighted by molar-refractivity contribution is -0.138. The van der Waals surface area contributed by atoms with Gasteiger partial charge in [0.2, 0.25) is 0 Å². The van der Waals surface area contributed by atoms with Crippen LogP contribution >= 0.6 is 11.6 Å². The zero-order chi connectivity index (χ0) is 14.0. The second-order valence-corrected chi connectivity index (χ2v) is 4.41. The van der Waals surface area contributed by atoms with Crippen LogP contribution in [0.25, 0.3) is 0 Å². The Kier molecular flexibility index (Phi) is 3.66. The van der Waals surface area contributed by atoms with Crippen molar-refractivity contribution in [1.29, 1.82) is 0 Å².